The molecule has 2 rings (SSSR count). The normalized spacial score (nSPS) is 15.3. The molecular weight excluding hydrogens is 809 g/mol. The minimum absolute atomic E-state index is 0.0389. The summed E-state index contributed by atoms with van der Waals surface area (Å²) < 4.78 is 191. The molecule has 2 atom stereocenters. The van der Waals surface area contributed by atoms with Gasteiger partial charge in [-0.1, -0.05) is 6.07 Å². The summed E-state index contributed by atoms with van der Waals surface area (Å²) in [4.78, 5) is 36.6. The van der Waals surface area contributed by atoms with Crippen molar-refractivity contribution in [3.63, 3.8) is 0 Å². The summed E-state index contributed by atoms with van der Waals surface area (Å²) in [7, 11) is -4.87. The number of carbonyl (C=O) groups is 3. The van der Waals surface area contributed by atoms with Crippen LogP contribution in [0.2, 0.25) is 0 Å². The summed E-state index contributed by atoms with van der Waals surface area (Å²) in [6.45, 7) is 0.616. The predicted octanol–water partition coefficient (Wildman–Crippen LogP) is 6.43. The molecule has 0 saturated heterocycles. The molecule has 2 aromatic carbocycles. The fourth-order valence-corrected chi connectivity index (χ4v) is 5.73. The van der Waals surface area contributed by atoms with Crippen LogP contribution in [0.3, 0.4) is 0 Å². The molecule has 0 aromatic heterocycles. The van der Waals surface area contributed by atoms with E-state index < -0.39 is 107 Å². The Morgan fingerprint density at radius 2 is 1.40 bits per heavy atom. The Morgan fingerprint density at radius 1 is 0.872 bits per heavy atom. The third-order valence-electron chi connectivity index (χ3n) is 6.75. The molecule has 0 aliphatic carbocycles. The van der Waals surface area contributed by atoms with Crippen LogP contribution in [0, 0.1) is 9.39 Å². The molecule has 262 valence electrons. The number of sulfone groups is 1. The van der Waals surface area contributed by atoms with Gasteiger partial charge in [0.2, 0.25) is 5.67 Å². The second kappa shape index (κ2) is 13.0. The van der Waals surface area contributed by atoms with Crippen molar-refractivity contribution in [2.75, 3.05) is 30.9 Å². The van der Waals surface area contributed by atoms with E-state index in [1.807, 2.05) is 0 Å². The van der Waals surface area contributed by atoms with Crippen LogP contribution >= 0.6 is 22.6 Å². The molecule has 0 bridgehead atoms. The van der Waals surface area contributed by atoms with Crippen LogP contribution in [-0.4, -0.2) is 75.2 Å². The number of alkyl halides is 11. The van der Waals surface area contributed by atoms with E-state index in [1.54, 1.807) is 0 Å². The molecule has 8 nitrogen and oxygen atoms in total. The molecule has 0 aliphatic heterocycles. The number of nitrogens with one attached hydrogen (secondary N) is 1. The Balaban J connectivity index is 2.86. The van der Waals surface area contributed by atoms with Gasteiger partial charge in [0.1, 0.15) is 4.90 Å². The lowest BCUT2D eigenvalue weighted by Gasteiger charge is -2.39. The van der Waals surface area contributed by atoms with E-state index in [9.17, 15) is 66.7 Å². The second-order valence-electron chi connectivity index (χ2n) is 9.71. The summed E-state index contributed by atoms with van der Waals surface area (Å²) in [6.07, 6.45) is -13.5. The molecule has 0 aliphatic rings. The van der Waals surface area contributed by atoms with Crippen LogP contribution in [-0.2, 0) is 25.1 Å². The van der Waals surface area contributed by atoms with Crippen LogP contribution in [0.15, 0.2) is 35.2 Å². The summed E-state index contributed by atoms with van der Waals surface area (Å²) in [5.41, 5.74) is -24.7. The predicted molar refractivity (Wildman–Crippen MR) is 148 cm³/mol. The molecule has 2 aromatic rings. The molecule has 3 amide bonds. The van der Waals surface area contributed by atoms with Crippen molar-refractivity contribution in [3.8, 4) is 0 Å². The van der Waals surface area contributed by atoms with E-state index >= 15 is 8.78 Å². The van der Waals surface area contributed by atoms with E-state index in [-0.39, 0.29) is 12.6 Å². The van der Waals surface area contributed by atoms with E-state index in [4.69, 9.17) is 0 Å². The molecular formula is C25H20F12IN3O5S. The molecule has 0 saturated carbocycles. The van der Waals surface area contributed by atoms with Gasteiger partial charge in [-0.3, -0.25) is 14.4 Å². The largest absolute Gasteiger partial charge is 0.501 e. The van der Waals surface area contributed by atoms with Gasteiger partial charge >= 0.3 is 29.7 Å². The average molecular weight is 829 g/mol. The fourth-order valence-electron chi connectivity index (χ4n) is 3.83. The number of benzene rings is 2. The first kappa shape index (κ1) is 39.9. The molecule has 0 fully saturated rings. The minimum Gasteiger partial charge on any atom is -0.338 e. The van der Waals surface area contributed by atoms with Gasteiger partial charge in [-0.15, -0.1) is 0 Å². The lowest BCUT2D eigenvalue weighted by atomic mass is 9.80. The molecule has 0 spiro atoms. The van der Waals surface area contributed by atoms with E-state index in [0.29, 0.717) is 11.0 Å². The van der Waals surface area contributed by atoms with Gasteiger partial charge in [0, 0.05) is 29.8 Å². The van der Waals surface area contributed by atoms with Crippen LogP contribution in [0.1, 0.15) is 29.8 Å². The minimum atomic E-state index is -6.98. The topological polar surface area (TPSA) is 104 Å². The first-order valence-corrected chi connectivity index (χ1v) is 14.9. The molecule has 1 N–H and O–H groups in total. The molecule has 47 heavy (non-hydrogen) atoms. The molecule has 22 heteroatoms. The zero-order valence-corrected chi connectivity index (χ0v) is 26.8. The van der Waals surface area contributed by atoms with Gasteiger partial charge in [0.05, 0.1) is 16.9 Å². The highest BCUT2D eigenvalue weighted by atomic mass is 127. The molecule has 0 heterocycles. The third-order valence-corrected chi connectivity index (χ3v) is 9.11. The average Bonchev–Trinajstić information content (AvgIpc) is 2.93. The highest BCUT2D eigenvalue weighted by Gasteiger charge is 2.78. The highest BCUT2D eigenvalue weighted by Crippen LogP contribution is 2.58. The van der Waals surface area contributed by atoms with E-state index in [1.165, 1.54) is 19.3 Å². The number of anilines is 2. The van der Waals surface area contributed by atoms with Gasteiger partial charge in [0.15, 0.2) is 5.82 Å². The monoisotopic (exact) mass is 829 g/mol. The van der Waals surface area contributed by atoms with Gasteiger partial charge in [-0.2, -0.15) is 39.5 Å². The maximum absolute atomic E-state index is 15.5. The number of nitrogens with zero attached hydrogens (tertiary/aromatic N) is 2. The summed E-state index contributed by atoms with van der Waals surface area (Å²) in [5.74, 6) is -5.93. The number of amides is 3. The van der Waals surface area contributed by atoms with Crippen molar-refractivity contribution in [2.24, 2.45) is 0 Å². The standard InChI is InChI=1S/C25H20F12IN3O5S/c1-5-40(3)19(43)20(44)41(4)14-8-6-7-12(16(14)26)18(42)39-17-13(38)9-11(10-15(17)47(45,46)25(35,36)37)22(28,24(32,33)34)21(2,27)23(29,30)31/h6-10H,5H2,1-4H3,(H,39,42). The first-order valence-electron chi connectivity index (χ1n) is 12.3. The lowest BCUT2D eigenvalue weighted by Crippen LogP contribution is -2.60. The summed E-state index contributed by atoms with van der Waals surface area (Å²) in [5, 5.41) is 1.48. The zero-order valence-electron chi connectivity index (χ0n) is 23.9. The lowest BCUT2D eigenvalue weighted by molar-refractivity contribution is -0.344. The Hall–Kier alpha value is -3.31. The maximum Gasteiger partial charge on any atom is 0.501 e. The summed E-state index contributed by atoms with van der Waals surface area (Å²) in [6, 6.07) is 1.23. The number of rotatable bonds is 7. The maximum atomic E-state index is 15.5. The van der Waals surface area contributed by atoms with Crippen molar-refractivity contribution in [2.45, 2.75) is 47.9 Å². The van der Waals surface area contributed by atoms with E-state index in [2.05, 4.69) is 0 Å². The van der Waals surface area contributed by atoms with Crippen LogP contribution in [0.4, 0.5) is 64.1 Å². The number of hydrogen-bond acceptors (Lipinski definition) is 5. The van der Waals surface area contributed by atoms with Crippen molar-refractivity contribution < 1.29 is 75.5 Å². The van der Waals surface area contributed by atoms with Crippen LogP contribution in [0.25, 0.3) is 0 Å². The first-order chi connectivity index (χ1) is 21.0. The Bertz CT molecular complexity index is 1690. The van der Waals surface area contributed by atoms with Crippen molar-refractivity contribution in [1.82, 2.24) is 4.90 Å². The fraction of sp³-hybridized carbons (Fsp3) is 0.400. The summed E-state index contributed by atoms with van der Waals surface area (Å²) >= 11 is 0.728. The number of halogens is 13. The van der Waals surface area contributed by atoms with Crippen molar-refractivity contribution >= 4 is 61.5 Å². The van der Waals surface area contributed by atoms with Gasteiger partial charge < -0.3 is 15.1 Å². The number of likely N-dealkylation sites (N-methyl/N-ethyl adjacent to an activating group) is 2. The van der Waals surface area contributed by atoms with Crippen molar-refractivity contribution in [3.05, 3.63) is 50.8 Å². The Kier molecular flexibility index (Phi) is 11.0. The SMILES string of the molecule is CCN(C)C(=O)C(=O)N(C)c1cccc(C(=O)Nc2c(I)cc(C(F)(C(F)(F)F)C(C)(F)C(F)(F)F)cc2S(=O)(=O)C(F)(F)F)c1F. The van der Waals surface area contributed by atoms with E-state index in [0.717, 1.165) is 46.7 Å². The smallest absolute Gasteiger partial charge is 0.338 e. The number of carbonyl (C=O) groups excluding carboxylic acids is 3. The zero-order chi connectivity index (χ0) is 36.9. The quantitative estimate of drug-likeness (QED) is 0.197. The third kappa shape index (κ3) is 6.97. The Morgan fingerprint density at radius 3 is 1.85 bits per heavy atom. The number of hydrogen-bond donors (Lipinski definition) is 1. The van der Waals surface area contributed by atoms with Gasteiger partial charge in [-0.25, -0.2) is 21.6 Å². The second-order valence-corrected chi connectivity index (χ2v) is 12.8. The Labute approximate surface area is 271 Å². The highest BCUT2D eigenvalue weighted by molar-refractivity contribution is 14.1. The van der Waals surface area contributed by atoms with Crippen LogP contribution < -0.4 is 10.2 Å². The molecule has 2 unspecified atom stereocenters. The van der Waals surface area contributed by atoms with Crippen LogP contribution in [0.5, 0.6) is 0 Å². The van der Waals surface area contributed by atoms with Gasteiger partial charge in [-0.05, 0) is 60.7 Å². The molecule has 0 radical (unpaired) electrons. The van der Waals surface area contributed by atoms with Crippen molar-refractivity contribution in [1.29, 1.82) is 0 Å². The van der Waals surface area contributed by atoms with Gasteiger partial charge in [0.25, 0.3) is 21.4 Å².